The molecule has 0 aromatic rings. The number of ether oxygens (including phenoxy) is 2. The van der Waals surface area contributed by atoms with Crippen molar-refractivity contribution in [1.29, 1.82) is 0 Å². The van der Waals surface area contributed by atoms with Gasteiger partial charge in [0.15, 0.2) is 12.3 Å². The number of aliphatic hydroxyl groups is 2. The van der Waals surface area contributed by atoms with Gasteiger partial charge in [-0.3, -0.25) is 0 Å². The van der Waals surface area contributed by atoms with E-state index in [-0.39, 0.29) is 12.6 Å². The second kappa shape index (κ2) is 2.58. The first-order valence-electron chi connectivity index (χ1n) is 3.66. The highest BCUT2D eigenvalue weighted by atomic mass is 16.6. The second-order valence-electron chi connectivity index (χ2n) is 2.79. The van der Waals surface area contributed by atoms with Crippen LogP contribution in [0.2, 0.25) is 0 Å². The Morgan fingerprint density at radius 1 is 1.58 bits per heavy atom. The zero-order valence-electron chi connectivity index (χ0n) is 6.25. The number of hydrogen-bond donors (Lipinski definition) is 3. The largest absolute Gasteiger partial charge is 0.454 e. The van der Waals surface area contributed by atoms with Gasteiger partial charge in [-0.1, -0.05) is 0 Å². The minimum Gasteiger partial charge on any atom is -0.454 e. The summed E-state index contributed by atoms with van der Waals surface area (Å²) >= 11 is 0. The first-order valence-corrected chi connectivity index (χ1v) is 3.66. The summed E-state index contributed by atoms with van der Waals surface area (Å²) in [6, 6.07) is 0.0282. The van der Waals surface area contributed by atoms with Gasteiger partial charge in [0, 0.05) is 0 Å². The number of rotatable bonds is 1. The number of nitrogens with zero attached hydrogens (tertiary/aromatic N) is 1. The van der Waals surface area contributed by atoms with E-state index < -0.39 is 24.5 Å². The first-order chi connectivity index (χ1) is 5.72. The first kappa shape index (κ1) is 7.78. The van der Waals surface area contributed by atoms with Crippen LogP contribution in [0.1, 0.15) is 0 Å². The monoisotopic (exact) mass is 174 g/mol. The molecule has 4 atom stereocenters. The van der Waals surface area contributed by atoms with E-state index in [1.54, 1.807) is 0 Å². The summed E-state index contributed by atoms with van der Waals surface area (Å²) in [5.74, 6) is 0. The summed E-state index contributed by atoms with van der Waals surface area (Å²) in [5.41, 5.74) is 5.25. The van der Waals surface area contributed by atoms with Crippen molar-refractivity contribution >= 4 is 6.02 Å². The maximum Gasteiger partial charge on any atom is 0.285 e. The van der Waals surface area contributed by atoms with Crippen LogP contribution in [0.5, 0.6) is 0 Å². The fraction of sp³-hybridized carbons (Fsp3) is 0.833. The Morgan fingerprint density at radius 2 is 2.33 bits per heavy atom. The Kier molecular flexibility index (Phi) is 1.67. The summed E-state index contributed by atoms with van der Waals surface area (Å²) in [5, 5.41) is 18.2. The van der Waals surface area contributed by atoms with Gasteiger partial charge in [-0.05, 0) is 0 Å². The fourth-order valence-electron chi connectivity index (χ4n) is 1.40. The normalized spacial score (nSPS) is 45.3. The molecule has 1 saturated heterocycles. The van der Waals surface area contributed by atoms with Gasteiger partial charge in [0.05, 0.1) is 6.61 Å². The zero-order chi connectivity index (χ0) is 8.72. The molecule has 0 aliphatic carbocycles. The van der Waals surface area contributed by atoms with Crippen molar-refractivity contribution in [3.05, 3.63) is 0 Å². The number of hydrogen-bond acceptors (Lipinski definition) is 6. The van der Waals surface area contributed by atoms with Crippen LogP contribution < -0.4 is 5.73 Å². The Hall–Kier alpha value is -0.850. The minimum absolute atomic E-state index is 0.0282. The van der Waals surface area contributed by atoms with Gasteiger partial charge >= 0.3 is 0 Å². The lowest BCUT2D eigenvalue weighted by Crippen LogP contribution is -2.35. The van der Waals surface area contributed by atoms with Crippen molar-refractivity contribution in [3.8, 4) is 0 Å². The highest BCUT2D eigenvalue weighted by Crippen LogP contribution is 2.28. The number of aliphatic hydroxyl groups excluding tert-OH is 2. The van der Waals surface area contributed by atoms with Crippen molar-refractivity contribution in [2.75, 3.05) is 6.61 Å². The highest BCUT2D eigenvalue weighted by Gasteiger charge is 2.48. The van der Waals surface area contributed by atoms with E-state index in [9.17, 15) is 5.11 Å². The molecule has 0 aromatic heterocycles. The van der Waals surface area contributed by atoms with E-state index in [0.717, 1.165) is 0 Å². The van der Waals surface area contributed by atoms with Gasteiger partial charge in [0.1, 0.15) is 12.2 Å². The molecule has 0 bridgehead atoms. The average molecular weight is 174 g/mol. The predicted octanol–water partition coefficient (Wildman–Crippen LogP) is -2.22. The molecule has 1 unspecified atom stereocenters. The molecule has 2 rings (SSSR count). The molecule has 0 radical (unpaired) electrons. The Bertz CT molecular complexity index is 220. The second-order valence-corrected chi connectivity index (χ2v) is 2.79. The molecule has 4 N–H and O–H groups in total. The summed E-state index contributed by atoms with van der Waals surface area (Å²) in [7, 11) is 0. The molecule has 2 aliphatic rings. The van der Waals surface area contributed by atoms with E-state index in [0.29, 0.717) is 0 Å². The highest BCUT2D eigenvalue weighted by molar-refractivity contribution is 5.73. The smallest absolute Gasteiger partial charge is 0.285 e. The van der Waals surface area contributed by atoms with Crippen LogP contribution in [0.4, 0.5) is 0 Å². The summed E-state index contributed by atoms with van der Waals surface area (Å²) in [6.45, 7) is -0.243. The quantitative estimate of drug-likeness (QED) is 0.418. The minimum atomic E-state index is -0.857. The fourth-order valence-corrected chi connectivity index (χ4v) is 1.40. The molecule has 0 saturated carbocycles. The molecule has 2 heterocycles. The molecule has 0 spiro atoms. The van der Waals surface area contributed by atoms with Crippen molar-refractivity contribution in [3.63, 3.8) is 0 Å². The van der Waals surface area contributed by atoms with Crippen LogP contribution in [0.15, 0.2) is 4.99 Å². The molecule has 12 heavy (non-hydrogen) atoms. The van der Waals surface area contributed by atoms with Crippen molar-refractivity contribution < 1.29 is 19.7 Å². The molecule has 6 nitrogen and oxygen atoms in total. The summed E-state index contributed by atoms with van der Waals surface area (Å²) in [6.07, 6.45) is -2.58. The van der Waals surface area contributed by atoms with Gasteiger partial charge in [0.2, 0.25) is 0 Å². The SMILES string of the molecule is NC1=N[C@H]2O[C@@H](CO)C(O)[C@H]2O1. The third-order valence-corrected chi connectivity index (χ3v) is 2.00. The molecule has 2 aliphatic heterocycles. The topological polar surface area (TPSA) is 97.3 Å². The van der Waals surface area contributed by atoms with E-state index in [1.165, 1.54) is 0 Å². The number of nitrogens with two attached hydrogens (primary N) is 1. The van der Waals surface area contributed by atoms with Gasteiger partial charge < -0.3 is 25.4 Å². The number of aliphatic imine (C=N–C) groups is 1. The zero-order valence-corrected chi connectivity index (χ0v) is 6.25. The van der Waals surface area contributed by atoms with E-state index in [2.05, 4.69) is 4.99 Å². The van der Waals surface area contributed by atoms with E-state index >= 15 is 0 Å². The standard InChI is InChI=1S/C6H10N2O4/c7-6-8-5-4(12-6)3(10)2(1-9)11-5/h2-5,9-10H,1H2,(H2,7,8)/t2-,3?,4+,5-/m0/s1. The van der Waals surface area contributed by atoms with Crippen LogP contribution in [-0.4, -0.2) is 47.4 Å². The lowest BCUT2D eigenvalue weighted by atomic mass is 10.1. The van der Waals surface area contributed by atoms with Crippen LogP contribution in [-0.2, 0) is 9.47 Å². The van der Waals surface area contributed by atoms with Crippen LogP contribution in [0, 0.1) is 0 Å². The molecule has 0 amide bonds. The summed E-state index contributed by atoms with van der Waals surface area (Å²) in [4.78, 5) is 3.78. The number of fused-ring (bicyclic) bond motifs is 1. The molecule has 1 fully saturated rings. The number of amidine groups is 1. The van der Waals surface area contributed by atoms with Crippen LogP contribution in [0.25, 0.3) is 0 Å². The van der Waals surface area contributed by atoms with E-state index in [1.807, 2.05) is 0 Å². The van der Waals surface area contributed by atoms with Crippen molar-refractivity contribution in [2.45, 2.75) is 24.5 Å². The molecular weight excluding hydrogens is 164 g/mol. The van der Waals surface area contributed by atoms with Crippen molar-refractivity contribution in [2.24, 2.45) is 10.7 Å². The third-order valence-electron chi connectivity index (χ3n) is 2.00. The third kappa shape index (κ3) is 0.961. The van der Waals surface area contributed by atoms with Gasteiger partial charge in [-0.25, -0.2) is 0 Å². The van der Waals surface area contributed by atoms with Crippen LogP contribution in [0.3, 0.4) is 0 Å². The molecule has 0 aromatic carbocycles. The Labute approximate surface area is 68.6 Å². The lowest BCUT2D eigenvalue weighted by molar-refractivity contribution is -0.0206. The van der Waals surface area contributed by atoms with Gasteiger partial charge in [0.25, 0.3) is 6.02 Å². The predicted molar refractivity (Wildman–Crippen MR) is 38.2 cm³/mol. The molecule has 6 heteroatoms. The lowest BCUT2D eigenvalue weighted by Gasteiger charge is -2.13. The molecular formula is C6H10N2O4. The van der Waals surface area contributed by atoms with Gasteiger partial charge in [-0.15, -0.1) is 0 Å². The Balaban J connectivity index is 2.10. The average Bonchev–Trinajstić information content (AvgIpc) is 2.51. The molecule has 68 valence electrons. The summed E-state index contributed by atoms with van der Waals surface area (Å²) < 4.78 is 10.1. The van der Waals surface area contributed by atoms with Gasteiger partial charge in [-0.2, -0.15) is 4.99 Å². The Morgan fingerprint density at radius 3 is 2.92 bits per heavy atom. The maximum atomic E-state index is 9.44. The van der Waals surface area contributed by atoms with E-state index in [4.69, 9.17) is 20.3 Å². The van der Waals surface area contributed by atoms with Crippen molar-refractivity contribution in [1.82, 2.24) is 0 Å². The maximum absolute atomic E-state index is 9.44. The van der Waals surface area contributed by atoms with Crippen LogP contribution >= 0.6 is 0 Å².